The van der Waals surface area contributed by atoms with Crippen LogP contribution in [0.4, 0.5) is 5.95 Å². The van der Waals surface area contributed by atoms with Gasteiger partial charge >= 0.3 is 0 Å². The first-order valence-corrected chi connectivity index (χ1v) is 10.2. The molecule has 3 heteroatoms. The van der Waals surface area contributed by atoms with Crippen LogP contribution in [0.2, 0.25) is 0 Å². The summed E-state index contributed by atoms with van der Waals surface area (Å²) < 4.78 is 0. The van der Waals surface area contributed by atoms with E-state index in [2.05, 4.69) is 91.6 Å². The first-order chi connectivity index (χ1) is 14.5. The highest BCUT2D eigenvalue weighted by molar-refractivity contribution is 6.12. The summed E-state index contributed by atoms with van der Waals surface area (Å²) in [7, 11) is 0. The number of hydrogen-bond acceptors (Lipinski definition) is 3. The lowest BCUT2D eigenvalue weighted by molar-refractivity contribution is 0.660. The van der Waals surface area contributed by atoms with Gasteiger partial charge in [0, 0.05) is 16.4 Å². The van der Waals surface area contributed by atoms with Crippen molar-refractivity contribution >= 4 is 27.6 Å². The third-order valence-corrected chi connectivity index (χ3v) is 6.46. The average Bonchev–Trinajstić information content (AvgIpc) is 3.00. The molecule has 6 rings (SSSR count). The van der Waals surface area contributed by atoms with E-state index in [4.69, 9.17) is 10.7 Å². The van der Waals surface area contributed by atoms with Crippen LogP contribution < -0.4 is 5.73 Å². The maximum Gasteiger partial charge on any atom is 0.221 e. The molecule has 4 aromatic carbocycles. The fourth-order valence-electron chi connectivity index (χ4n) is 4.98. The zero-order valence-corrected chi connectivity index (χ0v) is 17.0. The molecular weight excluding hydrogens is 366 g/mol. The minimum absolute atomic E-state index is 0.0572. The fourth-order valence-corrected chi connectivity index (χ4v) is 4.98. The van der Waals surface area contributed by atoms with Crippen LogP contribution in [0.3, 0.4) is 0 Å². The van der Waals surface area contributed by atoms with Crippen LogP contribution >= 0.6 is 0 Å². The minimum atomic E-state index is -0.0572. The van der Waals surface area contributed by atoms with Crippen LogP contribution in [-0.2, 0) is 5.41 Å². The highest BCUT2D eigenvalue weighted by Crippen LogP contribution is 2.49. The first-order valence-electron chi connectivity index (χ1n) is 10.2. The summed E-state index contributed by atoms with van der Waals surface area (Å²) in [6, 6.07) is 27.9. The summed E-state index contributed by atoms with van der Waals surface area (Å²) in [5.74, 6) is 0.302. The van der Waals surface area contributed by atoms with Crippen molar-refractivity contribution in [3.8, 4) is 22.4 Å². The summed E-state index contributed by atoms with van der Waals surface area (Å²) in [4.78, 5) is 9.22. The predicted molar refractivity (Wildman–Crippen MR) is 124 cm³/mol. The topological polar surface area (TPSA) is 51.8 Å². The van der Waals surface area contributed by atoms with Gasteiger partial charge in [-0.3, -0.25) is 0 Å². The third-order valence-electron chi connectivity index (χ3n) is 6.46. The predicted octanol–water partition coefficient (Wildman–Crippen LogP) is 6.34. The number of nitrogens with two attached hydrogens (primary N) is 1. The van der Waals surface area contributed by atoms with Crippen LogP contribution in [0.15, 0.2) is 78.9 Å². The molecule has 2 N–H and O–H groups in total. The molecule has 5 aromatic rings. The number of rotatable bonds is 1. The monoisotopic (exact) mass is 387 g/mol. The fraction of sp³-hybridized carbons (Fsp3) is 0.111. The molecule has 0 aliphatic heterocycles. The minimum Gasteiger partial charge on any atom is -0.368 e. The van der Waals surface area contributed by atoms with Gasteiger partial charge in [0.2, 0.25) is 5.95 Å². The Balaban J connectivity index is 1.67. The van der Waals surface area contributed by atoms with Crippen molar-refractivity contribution < 1.29 is 0 Å². The summed E-state index contributed by atoms with van der Waals surface area (Å²) >= 11 is 0. The molecule has 0 amide bonds. The van der Waals surface area contributed by atoms with Crippen LogP contribution in [0.1, 0.15) is 25.0 Å². The van der Waals surface area contributed by atoms with Gasteiger partial charge in [-0.15, -0.1) is 0 Å². The number of fused-ring (bicyclic) bond motifs is 6. The van der Waals surface area contributed by atoms with E-state index in [1.807, 2.05) is 6.07 Å². The highest BCUT2D eigenvalue weighted by Gasteiger charge is 2.35. The molecule has 30 heavy (non-hydrogen) atoms. The highest BCUT2D eigenvalue weighted by atomic mass is 15.0. The van der Waals surface area contributed by atoms with E-state index < -0.39 is 0 Å². The number of anilines is 1. The van der Waals surface area contributed by atoms with Gasteiger partial charge in [0.25, 0.3) is 0 Å². The Morgan fingerprint density at radius 1 is 0.733 bits per heavy atom. The molecule has 1 aliphatic rings. The van der Waals surface area contributed by atoms with E-state index in [9.17, 15) is 0 Å². The Kier molecular flexibility index (Phi) is 3.37. The molecular formula is C27H21N3. The van der Waals surface area contributed by atoms with Gasteiger partial charge in [0.1, 0.15) is 0 Å². The maximum absolute atomic E-state index is 6.12. The number of nitrogen functional groups attached to an aromatic ring is 1. The molecule has 0 spiro atoms. The number of benzene rings is 4. The van der Waals surface area contributed by atoms with Gasteiger partial charge in [-0.2, -0.15) is 0 Å². The van der Waals surface area contributed by atoms with Gasteiger partial charge in [0.15, 0.2) is 0 Å². The molecule has 0 bridgehead atoms. The smallest absolute Gasteiger partial charge is 0.221 e. The number of aromatic nitrogens is 2. The van der Waals surface area contributed by atoms with Crippen molar-refractivity contribution in [3.63, 3.8) is 0 Å². The quantitative estimate of drug-likeness (QED) is 0.342. The van der Waals surface area contributed by atoms with Crippen molar-refractivity contribution in [1.29, 1.82) is 0 Å². The number of nitrogens with zero attached hydrogens (tertiary/aromatic N) is 2. The summed E-state index contributed by atoms with van der Waals surface area (Å²) in [6.07, 6.45) is 0. The van der Waals surface area contributed by atoms with Crippen LogP contribution in [0, 0.1) is 0 Å². The van der Waals surface area contributed by atoms with Crippen LogP contribution in [0.5, 0.6) is 0 Å². The second-order valence-electron chi connectivity index (χ2n) is 8.54. The largest absolute Gasteiger partial charge is 0.368 e. The SMILES string of the molecule is CC1(C)c2ccccc2-c2ccc(-c3nc(N)nc4ccc5ccccc5c34)cc21. The average molecular weight is 387 g/mol. The van der Waals surface area contributed by atoms with E-state index >= 15 is 0 Å². The molecule has 0 radical (unpaired) electrons. The van der Waals surface area contributed by atoms with Crippen molar-refractivity contribution in [1.82, 2.24) is 9.97 Å². The molecule has 3 nitrogen and oxygen atoms in total. The molecule has 0 saturated carbocycles. The molecule has 0 fully saturated rings. The van der Waals surface area contributed by atoms with Crippen molar-refractivity contribution in [2.75, 3.05) is 5.73 Å². The summed E-state index contributed by atoms with van der Waals surface area (Å²) in [6.45, 7) is 4.59. The van der Waals surface area contributed by atoms with Crippen LogP contribution in [0.25, 0.3) is 44.1 Å². The van der Waals surface area contributed by atoms with Crippen molar-refractivity contribution in [2.45, 2.75) is 19.3 Å². The second kappa shape index (κ2) is 5.90. The van der Waals surface area contributed by atoms with Gasteiger partial charge in [-0.1, -0.05) is 80.6 Å². The molecule has 1 aromatic heterocycles. The Labute approximate surface area is 175 Å². The molecule has 0 unspecified atom stereocenters. The van der Waals surface area contributed by atoms with Crippen molar-refractivity contribution in [2.24, 2.45) is 0 Å². The zero-order valence-electron chi connectivity index (χ0n) is 17.0. The Morgan fingerprint density at radius 3 is 2.40 bits per heavy atom. The lowest BCUT2D eigenvalue weighted by atomic mass is 9.81. The summed E-state index contributed by atoms with van der Waals surface area (Å²) in [5, 5.41) is 3.37. The van der Waals surface area contributed by atoms with Crippen LogP contribution in [-0.4, -0.2) is 9.97 Å². The van der Waals surface area contributed by atoms with E-state index in [-0.39, 0.29) is 5.41 Å². The van der Waals surface area contributed by atoms with Gasteiger partial charge in [-0.25, -0.2) is 9.97 Å². The third kappa shape index (κ3) is 2.26. The molecule has 0 saturated heterocycles. The van der Waals surface area contributed by atoms with E-state index in [0.717, 1.165) is 27.5 Å². The zero-order chi connectivity index (χ0) is 20.5. The Bertz CT molecular complexity index is 1480. The second-order valence-corrected chi connectivity index (χ2v) is 8.54. The van der Waals surface area contributed by atoms with E-state index in [1.165, 1.54) is 27.6 Å². The molecule has 1 aliphatic carbocycles. The lowest BCUT2D eigenvalue weighted by Gasteiger charge is -2.22. The standard InChI is InChI=1S/C27H21N3/c1-27(2)21-10-6-5-9-19(21)20-13-11-17(15-22(20)27)25-24-18-8-4-3-7-16(18)12-14-23(24)29-26(28)30-25/h3-15H,1-2H3,(H2,28,29,30). The first kappa shape index (κ1) is 17.2. The normalized spacial score (nSPS) is 14.1. The van der Waals surface area contributed by atoms with Gasteiger partial charge in [-0.05, 0) is 45.2 Å². The molecule has 144 valence electrons. The van der Waals surface area contributed by atoms with Crippen molar-refractivity contribution in [3.05, 3.63) is 90.0 Å². The molecule has 1 heterocycles. The Hall–Kier alpha value is -3.72. The van der Waals surface area contributed by atoms with E-state index in [0.29, 0.717) is 5.95 Å². The Morgan fingerprint density at radius 2 is 1.50 bits per heavy atom. The lowest BCUT2D eigenvalue weighted by Crippen LogP contribution is -2.15. The number of hydrogen-bond donors (Lipinski definition) is 1. The van der Waals surface area contributed by atoms with Gasteiger partial charge < -0.3 is 5.73 Å². The van der Waals surface area contributed by atoms with E-state index in [1.54, 1.807) is 0 Å². The van der Waals surface area contributed by atoms with Gasteiger partial charge in [0.05, 0.1) is 11.2 Å². The maximum atomic E-state index is 6.12. The summed E-state index contributed by atoms with van der Waals surface area (Å²) in [5.41, 5.74) is 14.2. The molecule has 0 atom stereocenters.